The number of rotatable bonds is 1. The van der Waals surface area contributed by atoms with Crippen molar-refractivity contribution >= 4 is 0 Å². The van der Waals surface area contributed by atoms with Crippen LogP contribution in [0.5, 0.6) is 0 Å². The molecule has 5 heteroatoms. The van der Waals surface area contributed by atoms with E-state index >= 15 is 0 Å². The minimum Gasteiger partial charge on any atom is -0.394 e. The molecule has 5 nitrogen and oxygen atoms in total. The number of aliphatic hydroxyl groups is 4. The lowest BCUT2D eigenvalue weighted by atomic mass is 9.80. The molecule has 0 aliphatic carbocycles. The maximum absolute atomic E-state index is 9.74. The summed E-state index contributed by atoms with van der Waals surface area (Å²) < 4.78 is 5.38. The van der Waals surface area contributed by atoms with Gasteiger partial charge < -0.3 is 25.2 Å². The van der Waals surface area contributed by atoms with Crippen LogP contribution in [0.1, 0.15) is 20.8 Å². The Balaban J connectivity index is 2.83. The number of aliphatic hydroxyl groups excluding tert-OH is 4. The van der Waals surface area contributed by atoms with Gasteiger partial charge in [0.05, 0.1) is 12.7 Å². The predicted octanol–water partition coefficient (Wildman–Crippen LogP) is -1.13. The van der Waals surface area contributed by atoms with Gasteiger partial charge in [-0.1, -0.05) is 20.8 Å². The highest BCUT2D eigenvalue weighted by Crippen LogP contribution is 2.32. The lowest BCUT2D eigenvalue weighted by Crippen LogP contribution is -2.61. The molecule has 0 radical (unpaired) electrons. The summed E-state index contributed by atoms with van der Waals surface area (Å²) in [6.45, 7) is 5.21. The molecular weight excluding hydrogens is 200 g/mol. The molecule has 0 aromatic heterocycles. The van der Waals surface area contributed by atoms with Crippen molar-refractivity contribution < 1.29 is 25.2 Å². The van der Waals surface area contributed by atoms with Gasteiger partial charge in [0.25, 0.3) is 0 Å². The van der Waals surface area contributed by atoms with Crippen LogP contribution >= 0.6 is 0 Å². The summed E-state index contributed by atoms with van der Waals surface area (Å²) in [5.41, 5.74) is -0.367. The molecule has 5 atom stereocenters. The Morgan fingerprint density at radius 3 is 1.93 bits per heavy atom. The van der Waals surface area contributed by atoms with Crippen LogP contribution < -0.4 is 0 Å². The standard InChI is InChI=1S/C10H20O5/c1-10(2,3)9-8(14)7(13)6(12)5(4-11)15-9/h5-9,11-14H,4H2,1-3H3/t5?,6-,7?,8-,9+/m1/s1. The Morgan fingerprint density at radius 1 is 1.00 bits per heavy atom. The van der Waals surface area contributed by atoms with Crippen molar-refractivity contribution in [3.8, 4) is 0 Å². The lowest BCUT2D eigenvalue weighted by Gasteiger charge is -2.45. The van der Waals surface area contributed by atoms with Gasteiger partial charge in [0.1, 0.15) is 24.4 Å². The van der Waals surface area contributed by atoms with E-state index in [2.05, 4.69) is 0 Å². The monoisotopic (exact) mass is 220 g/mol. The van der Waals surface area contributed by atoms with Crippen molar-refractivity contribution in [3.63, 3.8) is 0 Å². The number of hydrogen-bond donors (Lipinski definition) is 4. The Labute approximate surface area is 89.3 Å². The van der Waals surface area contributed by atoms with Crippen molar-refractivity contribution in [1.29, 1.82) is 0 Å². The fourth-order valence-corrected chi connectivity index (χ4v) is 1.82. The van der Waals surface area contributed by atoms with E-state index in [1.807, 2.05) is 20.8 Å². The van der Waals surface area contributed by atoms with Crippen LogP contribution in [0.4, 0.5) is 0 Å². The van der Waals surface area contributed by atoms with Gasteiger partial charge in [-0.15, -0.1) is 0 Å². The van der Waals surface area contributed by atoms with Gasteiger partial charge in [0, 0.05) is 0 Å². The van der Waals surface area contributed by atoms with Crippen molar-refractivity contribution in [1.82, 2.24) is 0 Å². The minimum absolute atomic E-state index is 0.367. The second kappa shape index (κ2) is 4.35. The van der Waals surface area contributed by atoms with Crippen molar-refractivity contribution in [2.45, 2.75) is 51.3 Å². The zero-order valence-corrected chi connectivity index (χ0v) is 9.29. The molecule has 1 aliphatic heterocycles. The van der Waals surface area contributed by atoms with Crippen molar-refractivity contribution in [2.24, 2.45) is 5.41 Å². The molecule has 1 saturated heterocycles. The SMILES string of the molecule is CC(C)(C)[C@H]1OC(CO)[C@@H](O)C(O)[C@H]1O. The molecule has 2 unspecified atom stereocenters. The van der Waals surface area contributed by atoms with Gasteiger partial charge in [-0.05, 0) is 5.41 Å². The topological polar surface area (TPSA) is 90.2 Å². The zero-order chi connectivity index (χ0) is 11.8. The molecule has 0 saturated carbocycles. The van der Waals surface area contributed by atoms with Crippen LogP contribution in [0.15, 0.2) is 0 Å². The van der Waals surface area contributed by atoms with Crippen LogP contribution in [0.3, 0.4) is 0 Å². The molecule has 1 aliphatic rings. The van der Waals surface area contributed by atoms with Crippen LogP contribution in [-0.2, 0) is 4.74 Å². The highest BCUT2D eigenvalue weighted by atomic mass is 16.5. The predicted molar refractivity (Wildman–Crippen MR) is 53.2 cm³/mol. The Hall–Kier alpha value is -0.200. The van der Waals surface area contributed by atoms with E-state index in [4.69, 9.17) is 9.84 Å². The first kappa shape index (κ1) is 12.9. The molecular formula is C10H20O5. The first-order valence-corrected chi connectivity index (χ1v) is 5.09. The molecule has 0 spiro atoms. The molecule has 90 valence electrons. The van der Waals surface area contributed by atoms with E-state index in [1.165, 1.54) is 0 Å². The Kier molecular flexibility index (Phi) is 3.73. The third-order valence-electron chi connectivity index (χ3n) is 2.75. The summed E-state index contributed by atoms with van der Waals surface area (Å²) in [5, 5.41) is 37.8. The highest BCUT2D eigenvalue weighted by molar-refractivity contribution is 4.96. The highest BCUT2D eigenvalue weighted by Gasteiger charge is 2.47. The molecule has 1 heterocycles. The number of ether oxygens (including phenoxy) is 1. The van der Waals surface area contributed by atoms with Crippen LogP contribution in [-0.4, -0.2) is 57.6 Å². The number of hydrogen-bond acceptors (Lipinski definition) is 5. The fourth-order valence-electron chi connectivity index (χ4n) is 1.82. The van der Waals surface area contributed by atoms with Gasteiger partial charge in [0.15, 0.2) is 0 Å². The summed E-state index contributed by atoms with van der Waals surface area (Å²) in [5.74, 6) is 0. The molecule has 0 amide bonds. The molecule has 0 aromatic rings. The van der Waals surface area contributed by atoms with E-state index in [0.29, 0.717) is 0 Å². The van der Waals surface area contributed by atoms with E-state index in [-0.39, 0.29) is 12.0 Å². The molecule has 1 rings (SSSR count). The molecule has 1 fully saturated rings. The van der Waals surface area contributed by atoms with E-state index in [1.54, 1.807) is 0 Å². The van der Waals surface area contributed by atoms with E-state index in [0.717, 1.165) is 0 Å². The van der Waals surface area contributed by atoms with E-state index in [9.17, 15) is 15.3 Å². The largest absolute Gasteiger partial charge is 0.394 e. The average molecular weight is 220 g/mol. The maximum Gasteiger partial charge on any atom is 0.111 e. The third kappa shape index (κ3) is 2.49. The Bertz CT molecular complexity index is 210. The lowest BCUT2D eigenvalue weighted by molar-refractivity contribution is -0.250. The van der Waals surface area contributed by atoms with Gasteiger partial charge in [-0.3, -0.25) is 0 Å². The zero-order valence-electron chi connectivity index (χ0n) is 9.29. The normalized spacial score (nSPS) is 43.0. The molecule has 0 bridgehead atoms. The second-order valence-electron chi connectivity index (χ2n) is 5.12. The average Bonchev–Trinajstić information content (AvgIpc) is 2.13. The molecule has 15 heavy (non-hydrogen) atoms. The first-order valence-electron chi connectivity index (χ1n) is 5.09. The third-order valence-corrected chi connectivity index (χ3v) is 2.75. The fraction of sp³-hybridized carbons (Fsp3) is 1.00. The summed E-state index contributed by atoms with van der Waals surface area (Å²) in [4.78, 5) is 0. The minimum atomic E-state index is -1.28. The van der Waals surface area contributed by atoms with Crippen LogP contribution in [0, 0.1) is 5.41 Å². The smallest absolute Gasteiger partial charge is 0.111 e. The van der Waals surface area contributed by atoms with Crippen LogP contribution in [0.2, 0.25) is 0 Å². The quantitative estimate of drug-likeness (QED) is 0.449. The molecule has 0 aromatic carbocycles. The Morgan fingerprint density at radius 2 is 1.53 bits per heavy atom. The van der Waals surface area contributed by atoms with Crippen molar-refractivity contribution in [2.75, 3.05) is 6.61 Å². The summed E-state index contributed by atoms with van der Waals surface area (Å²) in [7, 11) is 0. The van der Waals surface area contributed by atoms with Gasteiger partial charge in [0.2, 0.25) is 0 Å². The maximum atomic E-state index is 9.74. The first-order chi connectivity index (χ1) is 6.79. The van der Waals surface area contributed by atoms with Gasteiger partial charge >= 0.3 is 0 Å². The summed E-state index contributed by atoms with van der Waals surface area (Å²) in [6.07, 6.45) is -5.10. The van der Waals surface area contributed by atoms with E-state index < -0.39 is 30.5 Å². The molecule has 4 N–H and O–H groups in total. The second-order valence-corrected chi connectivity index (χ2v) is 5.12. The van der Waals surface area contributed by atoms with Gasteiger partial charge in [-0.2, -0.15) is 0 Å². The van der Waals surface area contributed by atoms with Gasteiger partial charge in [-0.25, -0.2) is 0 Å². The van der Waals surface area contributed by atoms with Crippen LogP contribution in [0.25, 0.3) is 0 Å². The summed E-state index contributed by atoms with van der Waals surface area (Å²) in [6, 6.07) is 0. The summed E-state index contributed by atoms with van der Waals surface area (Å²) >= 11 is 0. The van der Waals surface area contributed by atoms with Crippen molar-refractivity contribution in [3.05, 3.63) is 0 Å².